The summed E-state index contributed by atoms with van der Waals surface area (Å²) in [5.74, 6) is 0.895. The average Bonchev–Trinajstić information content (AvgIpc) is 2.45. The lowest BCUT2D eigenvalue weighted by Gasteiger charge is -2.30. The van der Waals surface area contributed by atoms with E-state index in [9.17, 15) is 4.79 Å². The number of amides is 1. The summed E-state index contributed by atoms with van der Waals surface area (Å²) in [4.78, 5) is 14.2. The Kier molecular flexibility index (Phi) is 5.12. The maximum Gasteiger partial charge on any atom is 0.260 e. The van der Waals surface area contributed by atoms with Crippen LogP contribution in [0.2, 0.25) is 0 Å². The second-order valence-corrected chi connectivity index (χ2v) is 7.21. The van der Waals surface area contributed by atoms with Crippen LogP contribution in [-0.2, 0) is 10.2 Å². The standard InChI is InChI=1S/C18H28N2O2/c1-13-6-5-7-15(18(2,3)4)17(13)22-12-16(21)20-10-8-14(19)9-11-20/h5-7,14H,8-12,19H2,1-4H3. The van der Waals surface area contributed by atoms with Crippen molar-refractivity contribution in [2.45, 2.75) is 52.0 Å². The van der Waals surface area contributed by atoms with Gasteiger partial charge < -0.3 is 15.4 Å². The van der Waals surface area contributed by atoms with E-state index >= 15 is 0 Å². The number of benzene rings is 1. The van der Waals surface area contributed by atoms with E-state index in [1.165, 1.54) is 0 Å². The molecule has 0 bridgehead atoms. The summed E-state index contributed by atoms with van der Waals surface area (Å²) >= 11 is 0. The monoisotopic (exact) mass is 304 g/mol. The summed E-state index contributed by atoms with van der Waals surface area (Å²) in [6, 6.07) is 6.37. The lowest BCUT2D eigenvalue weighted by Crippen LogP contribution is -2.44. The Morgan fingerprint density at radius 1 is 1.32 bits per heavy atom. The van der Waals surface area contributed by atoms with Crippen molar-refractivity contribution in [1.82, 2.24) is 4.90 Å². The van der Waals surface area contributed by atoms with Gasteiger partial charge in [0, 0.05) is 19.1 Å². The quantitative estimate of drug-likeness (QED) is 0.934. The fourth-order valence-electron chi connectivity index (χ4n) is 2.81. The van der Waals surface area contributed by atoms with Crippen LogP contribution < -0.4 is 10.5 Å². The van der Waals surface area contributed by atoms with Crippen molar-refractivity contribution in [2.24, 2.45) is 5.73 Å². The van der Waals surface area contributed by atoms with Crippen molar-refractivity contribution in [2.75, 3.05) is 19.7 Å². The largest absolute Gasteiger partial charge is 0.483 e. The zero-order valence-corrected chi connectivity index (χ0v) is 14.2. The number of carbonyl (C=O) groups is 1. The first kappa shape index (κ1) is 16.8. The first-order valence-corrected chi connectivity index (χ1v) is 8.05. The molecule has 1 heterocycles. The Balaban J connectivity index is 2.04. The number of hydrogen-bond donors (Lipinski definition) is 1. The summed E-state index contributed by atoms with van der Waals surface area (Å²) in [6.07, 6.45) is 1.76. The first-order valence-electron chi connectivity index (χ1n) is 8.05. The van der Waals surface area contributed by atoms with Crippen LogP contribution >= 0.6 is 0 Å². The van der Waals surface area contributed by atoms with Crippen molar-refractivity contribution < 1.29 is 9.53 Å². The highest BCUT2D eigenvalue weighted by molar-refractivity contribution is 5.78. The third-order valence-corrected chi connectivity index (χ3v) is 4.25. The van der Waals surface area contributed by atoms with Crippen LogP contribution in [0.5, 0.6) is 5.75 Å². The Morgan fingerprint density at radius 3 is 2.55 bits per heavy atom. The molecule has 1 aliphatic heterocycles. The zero-order chi connectivity index (χ0) is 16.3. The Morgan fingerprint density at radius 2 is 1.95 bits per heavy atom. The highest BCUT2D eigenvalue weighted by atomic mass is 16.5. The molecule has 22 heavy (non-hydrogen) atoms. The normalized spacial score (nSPS) is 16.7. The van der Waals surface area contributed by atoms with Gasteiger partial charge in [-0.25, -0.2) is 0 Å². The summed E-state index contributed by atoms with van der Waals surface area (Å²) in [6.45, 7) is 10.1. The smallest absolute Gasteiger partial charge is 0.260 e. The lowest BCUT2D eigenvalue weighted by molar-refractivity contribution is -0.134. The minimum atomic E-state index is -0.0116. The Labute approximate surface area is 133 Å². The number of ether oxygens (including phenoxy) is 1. The molecular formula is C18H28N2O2. The van der Waals surface area contributed by atoms with Crippen LogP contribution in [0.1, 0.15) is 44.7 Å². The van der Waals surface area contributed by atoms with Crippen molar-refractivity contribution in [3.63, 3.8) is 0 Å². The SMILES string of the molecule is Cc1cccc(C(C)(C)C)c1OCC(=O)N1CCC(N)CC1. The summed E-state index contributed by atoms with van der Waals surface area (Å²) in [5, 5.41) is 0. The van der Waals surface area contributed by atoms with Crippen LogP contribution in [0.3, 0.4) is 0 Å². The van der Waals surface area contributed by atoms with E-state index in [0.717, 1.165) is 42.8 Å². The van der Waals surface area contributed by atoms with E-state index < -0.39 is 0 Å². The molecule has 4 heteroatoms. The fraction of sp³-hybridized carbons (Fsp3) is 0.611. The maximum absolute atomic E-state index is 12.3. The number of carbonyl (C=O) groups excluding carboxylic acids is 1. The molecule has 2 N–H and O–H groups in total. The molecule has 0 aromatic heterocycles. The second-order valence-electron chi connectivity index (χ2n) is 7.21. The van der Waals surface area contributed by atoms with Crippen molar-refractivity contribution in [3.05, 3.63) is 29.3 Å². The van der Waals surface area contributed by atoms with Gasteiger partial charge in [0.25, 0.3) is 5.91 Å². The molecular weight excluding hydrogens is 276 g/mol. The maximum atomic E-state index is 12.3. The van der Waals surface area contributed by atoms with Gasteiger partial charge >= 0.3 is 0 Å². The van der Waals surface area contributed by atoms with Crippen LogP contribution in [-0.4, -0.2) is 36.5 Å². The topological polar surface area (TPSA) is 55.6 Å². The highest BCUT2D eigenvalue weighted by Gasteiger charge is 2.23. The van der Waals surface area contributed by atoms with Crippen molar-refractivity contribution >= 4 is 5.91 Å². The van der Waals surface area contributed by atoms with Crippen molar-refractivity contribution in [1.29, 1.82) is 0 Å². The van der Waals surface area contributed by atoms with Gasteiger partial charge in [0.2, 0.25) is 0 Å². The van der Waals surface area contributed by atoms with Gasteiger partial charge in [0.05, 0.1) is 0 Å². The highest BCUT2D eigenvalue weighted by Crippen LogP contribution is 2.33. The van der Waals surface area contributed by atoms with Crippen LogP contribution in [0.25, 0.3) is 0 Å². The molecule has 1 fully saturated rings. The molecule has 4 nitrogen and oxygen atoms in total. The molecule has 2 rings (SSSR count). The summed E-state index contributed by atoms with van der Waals surface area (Å²) in [5.41, 5.74) is 8.08. The van der Waals surface area contributed by atoms with Gasteiger partial charge in [-0.15, -0.1) is 0 Å². The van der Waals surface area contributed by atoms with E-state index in [1.807, 2.05) is 24.0 Å². The molecule has 0 radical (unpaired) electrons. The van der Waals surface area contributed by atoms with Crippen LogP contribution in [0.4, 0.5) is 0 Å². The average molecular weight is 304 g/mol. The van der Waals surface area contributed by atoms with Crippen LogP contribution in [0, 0.1) is 6.92 Å². The summed E-state index contributed by atoms with van der Waals surface area (Å²) < 4.78 is 5.91. The number of hydrogen-bond acceptors (Lipinski definition) is 3. The number of likely N-dealkylation sites (tertiary alicyclic amines) is 1. The molecule has 1 saturated heterocycles. The summed E-state index contributed by atoms with van der Waals surface area (Å²) in [7, 11) is 0. The van der Waals surface area contributed by atoms with Crippen molar-refractivity contribution in [3.8, 4) is 5.75 Å². The fourth-order valence-corrected chi connectivity index (χ4v) is 2.81. The third-order valence-electron chi connectivity index (χ3n) is 4.25. The molecule has 0 spiro atoms. The van der Waals surface area contributed by atoms with Gasteiger partial charge in [0.15, 0.2) is 6.61 Å². The molecule has 0 saturated carbocycles. The number of nitrogens with zero attached hydrogens (tertiary/aromatic N) is 1. The molecule has 1 amide bonds. The van der Waals surface area contributed by atoms with Gasteiger partial charge in [-0.2, -0.15) is 0 Å². The molecule has 1 aromatic rings. The zero-order valence-electron chi connectivity index (χ0n) is 14.2. The van der Waals surface area contributed by atoms with Gasteiger partial charge in [-0.05, 0) is 36.3 Å². The van der Waals surface area contributed by atoms with E-state index in [0.29, 0.717) is 0 Å². The minimum absolute atomic E-state index is 0.0116. The van der Waals surface area contributed by atoms with E-state index in [4.69, 9.17) is 10.5 Å². The number of nitrogens with two attached hydrogens (primary N) is 1. The molecule has 1 aliphatic rings. The molecule has 122 valence electrons. The predicted octanol–water partition coefficient (Wildman–Crippen LogP) is 2.62. The molecule has 0 aliphatic carbocycles. The van der Waals surface area contributed by atoms with Crippen LogP contribution in [0.15, 0.2) is 18.2 Å². The number of aryl methyl sites for hydroxylation is 1. The first-order chi connectivity index (χ1) is 10.3. The number of para-hydroxylation sites is 1. The van der Waals surface area contributed by atoms with E-state index in [-0.39, 0.29) is 24.0 Å². The Hall–Kier alpha value is -1.55. The van der Waals surface area contributed by atoms with Gasteiger partial charge in [-0.3, -0.25) is 4.79 Å². The number of rotatable bonds is 3. The number of piperidine rings is 1. The third kappa shape index (κ3) is 4.01. The molecule has 1 aromatic carbocycles. The van der Waals surface area contributed by atoms with E-state index in [1.54, 1.807) is 0 Å². The van der Waals surface area contributed by atoms with Gasteiger partial charge in [0.1, 0.15) is 5.75 Å². The molecule has 0 unspecified atom stereocenters. The van der Waals surface area contributed by atoms with Gasteiger partial charge in [-0.1, -0.05) is 39.0 Å². The lowest BCUT2D eigenvalue weighted by atomic mass is 9.85. The predicted molar refractivity (Wildman–Crippen MR) is 89.2 cm³/mol. The second kappa shape index (κ2) is 6.69. The molecule has 0 atom stereocenters. The minimum Gasteiger partial charge on any atom is -0.483 e. The van der Waals surface area contributed by atoms with E-state index in [2.05, 4.69) is 26.8 Å². The Bertz CT molecular complexity index is 526.